The number of carbonyl (C=O) groups excluding carboxylic acids is 1. The first-order valence-corrected chi connectivity index (χ1v) is 12.8. The maximum atomic E-state index is 11.6. The van der Waals surface area contributed by atoms with Crippen molar-refractivity contribution >= 4 is 34.4 Å². The Balaban J connectivity index is 1.14. The molecule has 1 aliphatic carbocycles. The third kappa shape index (κ3) is 5.19. The molecule has 2 aromatic heterocycles. The van der Waals surface area contributed by atoms with E-state index in [1.54, 1.807) is 7.11 Å². The number of anilines is 1. The zero-order valence-corrected chi connectivity index (χ0v) is 20.1. The Morgan fingerprint density at radius 2 is 2.06 bits per heavy atom. The van der Waals surface area contributed by atoms with Gasteiger partial charge in [0.25, 0.3) is 0 Å². The molecule has 7 nitrogen and oxygen atoms in total. The zero-order chi connectivity index (χ0) is 23.5. The van der Waals surface area contributed by atoms with Crippen LogP contribution in [0.5, 0.6) is 5.75 Å². The first-order chi connectivity index (χ1) is 16.6. The van der Waals surface area contributed by atoms with Crippen LogP contribution in [0, 0.1) is 5.92 Å². The van der Waals surface area contributed by atoms with Crippen molar-refractivity contribution in [2.45, 2.75) is 55.7 Å². The smallest absolute Gasteiger partial charge is 0.235 e. The van der Waals surface area contributed by atoms with E-state index in [9.17, 15) is 9.90 Å². The molecule has 8 heteroatoms. The number of thioether (sulfide) groups is 1. The Kier molecular flexibility index (Phi) is 6.99. The lowest BCUT2D eigenvalue weighted by Gasteiger charge is -2.32. The number of carbonyl (C=O) groups is 1. The third-order valence-corrected chi connectivity index (χ3v) is 7.94. The van der Waals surface area contributed by atoms with Crippen molar-refractivity contribution in [2.75, 3.05) is 18.2 Å². The van der Waals surface area contributed by atoms with Gasteiger partial charge in [0, 0.05) is 24.2 Å². The number of aliphatic hydroxyl groups is 1. The molecule has 0 radical (unpaired) electrons. The summed E-state index contributed by atoms with van der Waals surface area (Å²) in [6, 6.07) is 12.4. The van der Waals surface area contributed by atoms with E-state index < -0.39 is 0 Å². The standard InChI is InChI=1S/C26H30N4O3S/c1-33-20-7-8-22-21(13-20)17(10-11-27-22)12-23(31)16-2-4-18(5-3-16)28-14-19-6-9-24-26(29-19)30-25(32)15-34-24/h6-11,13,16,18,23,28,31H,2-5,12,14-15H2,1H3,(H,29,30,32)/t16?,18?,23-/m0/s1. The molecule has 3 heterocycles. The second-order valence-corrected chi connectivity index (χ2v) is 10.1. The maximum absolute atomic E-state index is 11.6. The fourth-order valence-corrected chi connectivity index (χ4v) is 5.70. The Labute approximate surface area is 203 Å². The minimum absolute atomic E-state index is 0.00545. The highest BCUT2D eigenvalue weighted by Crippen LogP contribution is 2.32. The van der Waals surface area contributed by atoms with Crippen molar-refractivity contribution in [1.82, 2.24) is 15.3 Å². The molecule has 1 aliphatic heterocycles. The molecule has 3 aromatic rings. The second-order valence-electron chi connectivity index (χ2n) is 9.10. The van der Waals surface area contributed by atoms with Crippen LogP contribution in [-0.2, 0) is 17.8 Å². The molecule has 2 aliphatic rings. The van der Waals surface area contributed by atoms with E-state index in [2.05, 4.69) is 20.6 Å². The van der Waals surface area contributed by atoms with E-state index in [4.69, 9.17) is 4.74 Å². The molecule has 5 rings (SSSR count). The molecular formula is C26H30N4O3S. The number of methoxy groups -OCH3 is 1. The van der Waals surface area contributed by atoms with E-state index in [-0.39, 0.29) is 12.0 Å². The summed E-state index contributed by atoms with van der Waals surface area (Å²) in [5.41, 5.74) is 2.97. The third-order valence-electron chi connectivity index (χ3n) is 6.89. The van der Waals surface area contributed by atoms with Gasteiger partial charge in [-0.2, -0.15) is 0 Å². The molecule has 1 saturated carbocycles. The summed E-state index contributed by atoms with van der Waals surface area (Å²) >= 11 is 1.53. The normalized spacial score (nSPS) is 21.1. The van der Waals surface area contributed by atoms with Gasteiger partial charge in [-0.3, -0.25) is 9.78 Å². The van der Waals surface area contributed by atoms with Crippen LogP contribution < -0.4 is 15.4 Å². The predicted octanol–water partition coefficient (Wildman–Crippen LogP) is 3.93. The number of aromatic nitrogens is 2. The quantitative estimate of drug-likeness (QED) is 0.473. The lowest BCUT2D eigenvalue weighted by molar-refractivity contribution is -0.113. The molecule has 0 bridgehead atoms. The summed E-state index contributed by atoms with van der Waals surface area (Å²) in [5.74, 6) is 2.23. The largest absolute Gasteiger partial charge is 0.497 e. The van der Waals surface area contributed by atoms with E-state index in [1.807, 2.05) is 42.6 Å². The Bertz CT molecular complexity index is 1180. The Morgan fingerprint density at radius 3 is 2.88 bits per heavy atom. The van der Waals surface area contributed by atoms with E-state index in [0.717, 1.165) is 58.5 Å². The summed E-state index contributed by atoms with van der Waals surface area (Å²) in [6.07, 6.45) is 6.12. The minimum atomic E-state index is -0.374. The van der Waals surface area contributed by atoms with E-state index in [0.29, 0.717) is 36.5 Å². The summed E-state index contributed by atoms with van der Waals surface area (Å²) in [6.45, 7) is 0.677. The second kappa shape index (κ2) is 10.3. The van der Waals surface area contributed by atoms with E-state index >= 15 is 0 Å². The van der Waals surface area contributed by atoms with Crippen LogP contribution in [0.25, 0.3) is 10.9 Å². The van der Waals surface area contributed by atoms with Gasteiger partial charge in [-0.25, -0.2) is 4.98 Å². The highest BCUT2D eigenvalue weighted by Gasteiger charge is 2.27. The highest BCUT2D eigenvalue weighted by atomic mass is 32.2. The molecule has 34 heavy (non-hydrogen) atoms. The van der Waals surface area contributed by atoms with Gasteiger partial charge in [0.1, 0.15) is 11.6 Å². The number of nitrogens with one attached hydrogen (secondary N) is 2. The SMILES string of the molecule is COc1ccc2nccc(C[C@H](O)C3CCC(NCc4ccc5c(n4)NC(=O)CS5)CC3)c2c1. The van der Waals surface area contributed by atoms with Gasteiger partial charge in [0.15, 0.2) is 0 Å². The number of ether oxygens (including phenoxy) is 1. The van der Waals surface area contributed by atoms with Crippen LogP contribution in [0.4, 0.5) is 5.82 Å². The molecule has 0 saturated heterocycles. The minimum Gasteiger partial charge on any atom is -0.497 e. The van der Waals surface area contributed by atoms with E-state index in [1.165, 1.54) is 11.8 Å². The fraction of sp³-hybridized carbons (Fsp3) is 0.423. The van der Waals surface area contributed by atoms with Gasteiger partial charge in [0.05, 0.1) is 35.1 Å². The lowest BCUT2D eigenvalue weighted by atomic mass is 9.80. The van der Waals surface area contributed by atoms with Crippen LogP contribution in [0.1, 0.15) is 36.9 Å². The molecule has 1 aromatic carbocycles. The van der Waals surface area contributed by atoms with Crippen molar-refractivity contribution in [1.29, 1.82) is 0 Å². The number of nitrogens with zero attached hydrogens (tertiary/aromatic N) is 2. The van der Waals surface area contributed by atoms with Crippen molar-refractivity contribution in [2.24, 2.45) is 5.92 Å². The van der Waals surface area contributed by atoms with Crippen LogP contribution >= 0.6 is 11.8 Å². The van der Waals surface area contributed by atoms with Crippen LogP contribution in [0.2, 0.25) is 0 Å². The number of benzene rings is 1. The van der Waals surface area contributed by atoms with Crippen LogP contribution in [-0.4, -0.2) is 46.0 Å². The van der Waals surface area contributed by atoms with Crippen molar-refractivity contribution in [3.05, 3.63) is 53.9 Å². The van der Waals surface area contributed by atoms with Gasteiger partial charge in [-0.05, 0) is 80.0 Å². The first kappa shape index (κ1) is 23.1. The zero-order valence-electron chi connectivity index (χ0n) is 19.3. The number of pyridine rings is 2. The molecule has 0 unspecified atom stereocenters. The molecular weight excluding hydrogens is 448 g/mol. The molecule has 0 spiro atoms. The predicted molar refractivity (Wildman–Crippen MR) is 134 cm³/mol. The monoisotopic (exact) mass is 478 g/mol. The topological polar surface area (TPSA) is 96.4 Å². The maximum Gasteiger partial charge on any atom is 0.235 e. The van der Waals surface area contributed by atoms with Gasteiger partial charge >= 0.3 is 0 Å². The van der Waals surface area contributed by atoms with Crippen LogP contribution in [0.3, 0.4) is 0 Å². The Hall–Kier alpha value is -2.68. The molecule has 3 N–H and O–H groups in total. The average Bonchev–Trinajstić information content (AvgIpc) is 2.87. The molecule has 1 fully saturated rings. The van der Waals surface area contributed by atoms with Crippen molar-refractivity contribution in [3.63, 3.8) is 0 Å². The molecule has 1 amide bonds. The highest BCUT2D eigenvalue weighted by molar-refractivity contribution is 8.00. The summed E-state index contributed by atoms with van der Waals surface area (Å²) in [5, 5.41) is 18.5. The van der Waals surface area contributed by atoms with Gasteiger partial charge in [-0.1, -0.05) is 0 Å². The Morgan fingerprint density at radius 1 is 1.21 bits per heavy atom. The van der Waals surface area contributed by atoms with Crippen LogP contribution in [0.15, 0.2) is 47.5 Å². The van der Waals surface area contributed by atoms with Gasteiger partial charge < -0.3 is 20.5 Å². The summed E-state index contributed by atoms with van der Waals surface area (Å²) in [7, 11) is 1.66. The molecule has 178 valence electrons. The number of aliphatic hydroxyl groups excluding tert-OH is 1. The summed E-state index contributed by atoms with van der Waals surface area (Å²) < 4.78 is 5.38. The van der Waals surface area contributed by atoms with Crippen molar-refractivity contribution < 1.29 is 14.6 Å². The number of hydrogen-bond donors (Lipinski definition) is 3. The van der Waals surface area contributed by atoms with Crippen molar-refractivity contribution in [3.8, 4) is 5.75 Å². The average molecular weight is 479 g/mol. The number of rotatable bonds is 7. The number of fused-ring (bicyclic) bond motifs is 2. The van der Waals surface area contributed by atoms with Gasteiger partial charge in [-0.15, -0.1) is 11.8 Å². The number of hydrogen-bond acceptors (Lipinski definition) is 7. The lowest BCUT2D eigenvalue weighted by Crippen LogP contribution is -2.36. The number of amides is 1. The first-order valence-electron chi connectivity index (χ1n) is 11.8. The molecule has 1 atom stereocenters. The van der Waals surface area contributed by atoms with Gasteiger partial charge in [0.2, 0.25) is 5.91 Å². The summed E-state index contributed by atoms with van der Waals surface area (Å²) in [4.78, 5) is 21.7. The fourth-order valence-electron chi connectivity index (χ4n) is 4.94.